The van der Waals surface area contributed by atoms with Gasteiger partial charge in [0.2, 0.25) is 7.37 Å². The quantitative estimate of drug-likeness (QED) is 0.689. The zero-order valence-electron chi connectivity index (χ0n) is 11.9. The summed E-state index contributed by atoms with van der Waals surface area (Å²) in [6.45, 7) is 2.06. The molecule has 0 bridgehead atoms. The van der Waals surface area contributed by atoms with E-state index in [4.69, 9.17) is 0 Å². The van der Waals surface area contributed by atoms with E-state index in [1.807, 2.05) is 0 Å². The topological polar surface area (TPSA) is 98.1 Å². The van der Waals surface area contributed by atoms with Crippen LogP contribution in [0.4, 0.5) is 0 Å². The van der Waals surface area contributed by atoms with E-state index in [0.29, 0.717) is 18.5 Å². The van der Waals surface area contributed by atoms with Gasteiger partial charge in [-0.3, -0.25) is 14.0 Å². The highest BCUT2D eigenvalue weighted by atomic mass is 31.2. The van der Waals surface area contributed by atoms with Gasteiger partial charge in [0, 0.05) is 19.8 Å². The van der Waals surface area contributed by atoms with Crippen molar-refractivity contribution >= 4 is 15.0 Å². The summed E-state index contributed by atoms with van der Waals surface area (Å²) in [6.07, 6.45) is 7.86. The lowest BCUT2D eigenvalue weighted by Gasteiger charge is -2.46. The Kier molecular flexibility index (Phi) is 4.86. The van der Waals surface area contributed by atoms with Crippen LogP contribution >= 0.6 is 15.0 Å². The molecule has 2 atom stereocenters. The molecule has 8 heteroatoms. The van der Waals surface area contributed by atoms with E-state index in [-0.39, 0.29) is 0 Å². The van der Waals surface area contributed by atoms with Crippen LogP contribution in [0.2, 0.25) is 0 Å². The van der Waals surface area contributed by atoms with Crippen molar-refractivity contribution < 1.29 is 23.8 Å². The predicted molar refractivity (Wildman–Crippen MR) is 77.9 cm³/mol. The summed E-state index contributed by atoms with van der Waals surface area (Å²) in [5.41, 5.74) is -1.22. The molecule has 2 unspecified atom stereocenters. The van der Waals surface area contributed by atoms with E-state index in [0.717, 1.165) is 19.5 Å². The molecule has 118 valence electrons. The Labute approximate surface area is 120 Å². The zero-order valence-corrected chi connectivity index (χ0v) is 13.7. The van der Waals surface area contributed by atoms with Crippen molar-refractivity contribution in [3.8, 4) is 0 Å². The smallest absolute Gasteiger partial charge is 0.343 e. The number of likely N-dealkylation sites (tertiary alicyclic amines) is 1. The molecule has 0 amide bonds. The van der Waals surface area contributed by atoms with E-state index >= 15 is 0 Å². The van der Waals surface area contributed by atoms with Gasteiger partial charge in [0.1, 0.15) is 0 Å². The molecule has 1 spiro atoms. The number of hydrogen-bond donors (Lipinski definition) is 3. The molecular weight excluding hydrogens is 300 g/mol. The second kappa shape index (κ2) is 5.83. The average molecular weight is 325 g/mol. The summed E-state index contributed by atoms with van der Waals surface area (Å²) < 4.78 is 23.4. The van der Waals surface area contributed by atoms with Crippen LogP contribution in [0.25, 0.3) is 0 Å². The number of hydrogen-bond acceptors (Lipinski definition) is 3. The highest BCUT2D eigenvalue weighted by molar-refractivity contribution is 7.73. The van der Waals surface area contributed by atoms with Crippen molar-refractivity contribution in [2.75, 3.05) is 19.8 Å². The van der Waals surface area contributed by atoms with E-state index in [1.165, 1.54) is 32.1 Å². The van der Waals surface area contributed by atoms with E-state index in [2.05, 4.69) is 0 Å². The predicted octanol–water partition coefficient (Wildman–Crippen LogP) is 2.39. The number of nitrogens with zero attached hydrogens (tertiary/aromatic N) is 1. The normalized spacial score (nSPS) is 29.0. The molecule has 1 saturated heterocycles. The minimum Gasteiger partial charge on any atom is -0.343 e. The van der Waals surface area contributed by atoms with Gasteiger partial charge in [-0.25, -0.2) is 0 Å². The fourth-order valence-corrected chi connectivity index (χ4v) is 7.55. The Hall–Kier alpha value is 0.300. The van der Waals surface area contributed by atoms with Gasteiger partial charge in [-0.1, -0.05) is 19.3 Å². The minimum absolute atomic E-state index is 0.307. The summed E-state index contributed by atoms with van der Waals surface area (Å²) in [7, 11) is -8.46. The van der Waals surface area contributed by atoms with Crippen LogP contribution in [-0.4, -0.2) is 44.9 Å². The molecule has 3 N–H and O–H groups in total. The van der Waals surface area contributed by atoms with Crippen molar-refractivity contribution in [3.63, 3.8) is 0 Å². The Balaban J connectivity index is 2.08. The SMILES string of the molecule is CP(=O)(O)C(N1CCC2(CCCCC2)CC1)P(=O)(O)O. The van der Waals surface area contributed by atoms with Gasteiger partial charge in [0.25, 0.3) is 0 Å². The Bertz CT molecular complexity index is 405. The van der Waals surface area contributed by atoms with Gasteiger partial charge in [-0.2, -0.15) is 0 Å². The largest absolute Gasteiger partial charge is 0.352 e. The highest BCUT2D eigenvalue weighted by Gasteiger charge is 2.48. The molecule has 0 aromatic rings. The third-order valence-corrected chi connectivity index (χ3v) is 9.13. The fraction of sp³-hybridized carbons (Fsp3) is 1.00. The molecule has 0 aromatic carbocycles. The fourth-order valence-electron chi connectivity index (χ4n) is 3.83. The van der Waals surface area contributed by atoms with Crippen LogP contribution in [0, 0.1) is 5.41 Å². The maximum absolute atomic E-state index is 11.9. The molecule has 6 nitrogen and oxygen atoms in total. The van der Waals surface area contributed by atoms with Crippen LogP contribution in [0.5, 0.6) is 0 Å². The first-order valence-corrected chi connectivity index (χ1v) is 11.1. The maximum Gasteiger partial charge on any atom is 0.352 e. The van der Waals surface area contributed by atoms with Gasteiger partial charge >= 0.3 is 7.60 Å². The lowest BCUT2D eigenvalue weighted by molar-refractivity contribution is 0.0661. The summed E-state index contributed by atoms with van der Waals surface area (Å²) in [6, 6.07) is 0. The van der Waals surface area contributed by atoms with Crippen LogP contribution in [-0.2, 0) is 9.13 Å². The lowest BCUT2D eigenvalue weighted by atomic mass is 9.68. The second-order valence-corrected chi connectivity index (χ2v) is 10.9. The van der Waals surface area contributed by atoms with Crippen LogP contribution in [0.3, 0.4) is 0 Å². The summed E-state index contributed by atoms with van der Waals surface area (Å²) >= 11 is 0. The van der Waals surface area contributed by atoms with Gasteiger partial charge in [0.05, 0.1) is 0 Å². The monoisotopic (exact) mass is 325 g/mol. The van der Waals surface area contributed by atoms with E-state index < -0.39 is 20.5 Å². The number of piperidine rings is 1. The molecule has 1 aliphatic carbocycles. The number of rotatable bonds is 3. The van der Waals surface area contributed by atoms with Gasteiger partial charge in [-0.15, -0.1) is 0 Å². The summed E-state index contributed by atoms with van der Waals surface area (Å²) in [5.74, 6) is 0. The van der Waals surface area contributed by atoms with Crippen molar-refractivity contribution in [3.05, 3.63) is 0 Å². The summed E-state index contributed by atoms with van der Waals surface area (Å²) in [4.78, 5) is 30.0. The molecule has 2 aliphatic rings. The molecule has 2 rings (SSSR count). The molecule has 1 heterocycles. The Morgan fingerprint density at radius 3 is 1.85 bits per heavy atom. The third kappa shape index (κ3) is 3.73. The lowest BCUT2D eigenvalue weighted by Crippen LogP contribution is -2.45. The van der Waals surface area contributed by atoms with Crippen LogP contribution < -0.4 is 0 Å². The summed E-state index contributed by atoms with van der Waals surface area (Å²) in [5, 5.41) is 0. The van der Waals surface area contributed by atoms with E-state index in [9.17, 15) is 23.8 Å². The van der Waals surface area contributed by atoms with Gasteiger partial charge in [-0.05, 0) is 31.1 Å². The maximum atomic E-state index is 11.9. The molecule has 20 heavy (non-hydrogen) atoms. The minimum atomic E-state index is -4.60. The van der Waals surface area contributed by atoms with Crippen molar-refractivity contribution in [1.29, 1.82) is 0 Å². The Morgan fingerprint density at radius 1 is 0.950 bits per heavy atom. The Morgan fingerprint density at radius 2 is 1.45 bits per heavy atom. The highest BCUT2D eigenvalue weighted by Crippen LogP contribution is 2.62. The molecule has 1 saturated carbocycles. The van der Waals surface area contributed by atoms with Crippen molar-refractivity contribution in [2.24, 2.45) is 5.41 Å². The molecule has 2 fully saturated rings. The van der Waals surface area contributed by atoms with Crippen molar-refractivity contribution in [2.45, 2.75) is 50.5 Å². The first kappa shape index (κ1) is 16.7. The van der Waals surface area contributed by atoms with E-state index in [1.54, 1.807) is 4.90 Å². The van der Waals surface area contributed by atoms with Gasteiger partial charge in [0.15, 0.2) is 5.52 Å². The standard InChI is InChI=1S/C12H25NO5P2/c1-19(14,15)11(20(16,17)18)13-9-7-12(8-10-13)5-3-2-4-6-12/h11H,2-10H2,1H3,(H,14,15)(H2,16,17,18). The van der Waals surface area contributed by atoms with Crippen LogP contribution in [0.1, 0.15) is 44.9 Å². The third-order valence-electron chi connectivity index (χ3n) is 4.83. The molecule has 0 radical (unpaired) electrons. The van der Waals surface area contributed by atoms with Gasteiger partial charge < -0.3 is 14.7 Å². The van der Waals surface area contributed by atoms with Crippen molar-refractivity contribution in [1.82, 2.24) is 4.90 Å². The average Bonchev–Trinajstić information content (AvgIpc) is 2.30. The first-order valence-electron chi connectivity index (χ1n) is 7.23. The zero-order chi connectivity index (χ0) is 15.0. The first-order chi connectivity index (χ1) is 9.14. The van der Waals surface area contributed by atoms with Crippen LogP contribution in [0.15, 0.2) is 0 Å². The molecular formula is C12H25NO5P2. The second-order valence-electron chi connectivity index (χ2n) is 6.48. The molecule has 1 aliphatic heterocycles. The molecule has 0 aromatic heterocycles.